The number of halogens is 1. The monoisotopic (exact) mass is 482 g/mol. The molecule has 1 aromatic heterocycles. The number of methoxy groups -OCH3 is 1. The van der Waals surface area contributed by atoms with Crippen LogP contribution in [-0.2, 0) is 6.54 Å². The maximum absolute atomic E-state index is 5.69. The highest BCUT2D eigenvalue weighted by Crippen LogP contribution is 2.34. The molecule has 0 amide bonds. The van der Waals surface area contributed by atoms with E-state index >= 15 is 0 Å². The summed E-state index contributed by atoms with van der Waals surface area (Å²) in [7, 11) is 1.65. The zero-order chi connectivity index (χ0) is 21.1. The molecule has 1 heterocycles. The van der Waals surface area contributed by atoms with Crippen LogP contribution in [0.3, 0.4) is 0 Å². The average Bonchev–Trinajstić information content (AvgIpc) is 3.17. The summed E-state index contributed by atoms with van der Waals surface area (Å²) in [4.78, 5) is 4.77. The van der Waals surface area contributed by atoms with Crippen LogP contribution < -0.4 is 14.8 Å². The molecule has 0 atom stereocenters. The number of thiazole rings is 1. The Morgan fingerprint density at radius 3 is 2.57 bits per heavy atom. The zero-order valence-electron chi connectivity index (χ0n) is 17.2. The predicted molar refractivity (Wildman–Crippen MR) is 129 cm³/mol. The summed E-state index contributed by atoms with van der Waals surface area (Å²) in [6.45, 7) is 5.34. The lowest BCUT2D eigenvalue weighted by molar-refractivity contribution is 0.310. The van der Waals surface area contributed by atoms with Gasteiger partial charge in [0.1, 0.15) is 5.01 Å². The SMILES string of the molecule is CCOc1cc(CNc2ccc(-c3nc4ccc(C)cc4s3)cc2)c(Br)cc1OC. The summed E-state index contributed by atoms with van der Waals surface area (Å²) in [5.74, 6) is 1.48. The standard InChI is InChI=1S/C24H23BrN2O2S/c1-4-29-22-12-17(19(25)13-21(22)28-3)14-26-18-8-6-16(7-9-18)24-27-20-10-5-15(2)11-23(20)30-24/h5-13,26H,4,14H2,1-3H3. The number of rotatable bonds is 7. The molecule has 0 bridgehead atoms. The molecule has 0 unspecified atom stereocenters. The van der Waals surface area contributed by atoms with Crippen molar-refractivity contribution in [3.8, 4) is 22.1 Å². The van der Waals surface area contributed by atoms with E-state index in [0.29, 0.717) is 13.2 Å². The second-order valence-electron chi connectivity index (χ2n) is 6.95. The molecule has 154 valence electrons. The lowest BCUT2D eigenvalue weighted by Gasteiger charge is -2.14. The van der Waals surface area contributed by atoms with Gasteiger partial charge in [0.15, 0.2) is 11.5 Å². The number of aromatic nitrogens is 1. The third kappa shape index (κ3) is 4.45. The smallest absolute Gasteiger partial charge is 0.161 e. The first-order chi connectivity index (χ1) is 14.6. The molecule has 0 aliphatic heterocycles. The van der Waals surface area contributed by atoms with E-state index in [2.05, 4.69) is 70.6 Å². The molecule has 4 nitrogen and oxygen atoms in total. The Kier molecular flexibility index (Phi) is 6.25. The molecule has 4 rings (SSSR count). The first-order valence-corrected chi connectivity index (χ1v) is 11.4. The van der Waals surface area contributed by atoms with Crippen molar-refractivity contribution in [3.63, 3.8) is 0 Å². The summed E-state index contributed by atoms with van der Waals surface area (Å²) < 4.78 is 13.3. The van der Waals surface area contributed by atoms with Gasteiger partial charge in [-0.25, -0.2) is 4.98 Å². The third-order valence-electron chi connectivity index (χ3n) is 4.79. The minimum atomic E-state index is 0.595. The van der Waals surface area contributed by atoms with Crippen LogP contribution in [0.25, 0.3) is 20.8 Å². The molecule has 0 saturated carbocycles. The van der Waals surface area contributed by atoms with Crippen molar-refractivity contribution in [3.05, 3.63) is 70.2 Å². The van der Waals surface area contributed by atoms with Gasteiger partial charge in [-0.3, -0.25) is 0 Å². The van der Waals surface area contributed by atoms with Crippen LogP contribution in [0.1, 0.15) is 18.1 Å². The maximum atomic E-state index is 5.69. The van der Waals surface area contributed by atoms with Crippen molar-refractivity contribution in [2.24, 2.45) is 0 Å². The number of benzene rings is 3. The second-order valence-corrected chi connectivity index (χ2v) is 8.83. The Labute approximate surface area is 189 Å². The van der Waals surface area contributed by atoms with E-state index in [1.165, 1.54) is 10.3 Å². The first-order valence-electron chi connectivity index (χ1n) is 9.78. The van der Waals surface area contributed by atoms with Gasteiger partial charge in [-0.2, -0.15) is 0 Å². The van der Waals surface area contributed by atoms with Gasteiger partial charge in [0.05, 0.1) is 23.9 Å². The van der Waals surface area contributed by atoms with Crippen LogP contribution >= 0.6 is 27.3 Å². The Morgan fingerprint density at radius 2 is 1.83 bits per heavy atom. The molecule has 0 aliphatic carbocycles. The number of aryl methyl sites for hydroxylation is 1. The van der Waals surface area contributed by atoms with Crippen molar-refractivity contribution in [2.75, 3.05) is 19.0 Å². The van der Waals surface area contributed by atoms with Gasteiger partial charge in [0.2, 0.25) is 0 Å². The zero-order valence-corrected chi connectivity index (χ0v) is 19.6. The Balaban J connectivity index is 1.49. The lowest BCUT2D eigenvalue weighted by atomic mass is 10.1. The molecule has 0 aliphatic rings. The van der Waals surface area contributed by atoms with Crippen LogP contribution in [0.2, 0.25) is 0 Å². The maximum Gasteiger partial charge on any atom is 0.161 e. The lowest BCUT2D eigenvalue weighted by Crippen LogP contribution is -2.02. The number of ether oxygens (including phenoxy) is 2. The number of fused-ring (bicyclic) bond motifs is 1. The van der Waals surface area contributed by atoms with Crippen molar-refractivity contribution in [1.29, 1.82) is 0 Å². The summed E-state index contributed by atoms with van der Waals surface area (Å²) in [6, 6.07) is 18.7. The number of nitrogens with zero attached hydrogens (tertiary/aromatic N) is 1. The van der Waals surface area contributed by atoms with E-state index in [1.807, 2.05) is 19.1 Å². The topological polar surface area (TPSA) is 43.4 Å². The van der Waals surface area contributed by atoms with Crippen LogP contribution in [0.15, 0.2) is 59.1 Å². The Bertz CT molecular complexity index is 1170. The molecular formula is C24H23BrN2O2S. The van der Waals surface area contributed by atoms with Gasteiger partial charge in [-0.05, 0) is 73.5 Å². The van der Waals surface area contributed by atoms with Crippen LogP contribution in [0.4, 0.5) is 5.69 Å². The molecule has 30 heavy (non-hydrogen) atoms. The van der Waals surface area contributed by atoms with Gasteiger partial charge < -0.3 is 14.8 Å². The van der Waals surface area contributed by atoms with E-state index in [9.17, 15) is 0 Å². The number of hydrogen-bond acceptors (Lipinski definition) is 5. The van der Waals surface area contributed by atoms with Crippen molar-refractivity contribution < 1.29 is 9.47 Å². The Hall–Kier alpha value is -2.57. The molecule has 1 N–H and O–H groups in total. The van der Waals surface area contributed by atoms with Gasteiger partial charge >= 0.3 is 0 Å². The third-order valence-corrected chi connectivity index (χ3v) is 6.60. The van der Waals surface area contributed by atoms with Crippen LogP contribution in [0, 0.1) is 6.92 Å². The van der Waals surface area contributed by atoms with E-state index in [4.69, 9.17) is 14.5 Å². The van der Waals surface area contributed by atoms with Crippen LogP contribution in [0.5, 0.6) is 11.5 Å². The van der Waals surface area contributed by atoms with E-state index in [-0.39, 0.29) is 0 Å². The normalized spacial score (nSPS) is 10.9. The summed E-state index contributed by atoms with van der Waals surface area (Å²) >= 11 is 5.36. The fourth-order valence-electron chi connectivity index (χ4n) is 3.22. The summed E-state index contributed by atoms with van der Waals surface area (Å²) in [5, 5.41) is 4.52. The minimum absolute atomic E-state index is 0.595. The number of nitrogens with one attached hydrogen (secondary N) is 1. The van der Waals surface area contributed by atoms with Gasteiger partial charge in [0, 0.05) is 22.3 Å². The van der Waals surface area contributed by atoms with Crippen molar-refractivity contribution >= 4 is 43.2 Å². The second kappa shape index (κ2) is 9.06. The molecular weight excluding hydrogens is 460 g/mol. The van der Waals surface area contributed by atoms with Gasteiger partial charge in [-0.1, -0.05) is 22.0 Å². The predicted octanol–water partition coefficient (Wildman–Crippen LogP) is 7.05. The summed E-state index contributed by atoms with van der Waals surface area (Å²) in [6.07, 6.45) is 0. The van der Waals surface area contributed by atoms with Crippen molar-refractivity contribution in [1.82, 2.24) is 4.98 Å². The molecule has 4 aromatic rings. The van der Waals surface area contributed by atoms with Crippen LogP contribution in [-0.4, -0.2) is 18.7 Å². The molecule has 0 saturated heterocycles. The molecule has 0 spiro atoms. The highest BCUT2D eigenvalue weighted by molar-refractivity contribution is 9.10. The van der Waals surface area contributed by atoms with E-state index in [1.54, 1.807) is 18.4 Å². The highest BCUT2D eigenvalue weighted by atomic mass is 79.9. The fourth-order valence-corrected chi connectivity index (χ4v) is 4.76. The molecule has 0 radical (unpaired) electrons. The summed E-state index contributed by atoms with van der Waals surface area (Å²) in [5.41, 5.74) is 5.59. The van der Waals surface area contributed by atoms with E-state index in [0.717, 1.165) is 43.3 Å². The fraction of sp³-hybridized carbons (Fsp3) is 0.208. The number of anilines is 1. The van der Waals surface area contributed by atoms with Gasteiger partial charge in [0.25, 0.3) is 0 Å². The Morgan fingerprint density at radius 1 is 1.03 bits per heavy atom. The number of hydrogen-bond donors (Lipinski definition) is 1. The highest BCUT2D eigenvalue weighted by Gasteiger charge is 2.11. The molecule has 6 heteroatoms. The first kappa shape index (κ1) is 20.7. The van der Waals surface area contributed by atoms with Gasteiger partial charge in [-0.15, -0.1) is 11.3 Å². The van der Waals surface area contributed by atoms with E-state index < -0.39 is 0 Å². The minimum Gasteiger partial charge on any atom is -0.493 e. The molecule has 3 aromatic carbocycles. The van der Waals surface area contributed by atoms with Crippen molar-refractivity contribution in [2.45, 2.75) is 20.4 Å². The largest absolute Gasteiger partial charge is 0.493 e. The molecule has 0 fully saturated rings. The average molecular weight is 483 g/mol. The quantitative estimate of drug-likeness (QED) is 0.306.